The Morgan fingerprint density at radius 3 is 2.75 bits per heavy atom. The summed E-state index contributed by atoms with van der Waals surface area (Å²) in [4.78, 5) is 12.9. The van der Waals surface area contributed by atoms with Gasteiger partial charge in [0.1, 0.15) is 0 Å². The van der Waals surface area contributed by atoms with Gasteiger partial charge in [-0.2, -0.15) is 9.40 Å². The molecule has 9 heteroatoms. The monoisotopic (exact) mass is 400 g/mol. The van der Waals surface area contributed by atoms with Crippen molar-refractivity contribution in [3.05, 3.63) is 59.8 Å². The number of carbonyl (C=O) groups excluding carboxylic acids is 1. The number of sulfonamides is 1. The van der Waals surface area contributed by atoms with Gasteiger partial charge in [-0.1, -0.05) is 30.3 Å². The van der Waals surface area contributed by atoms with E-state index in [-0.39, 0.29) is 17.3 Å². The van der Waals surface area contributed by atoms with E-state index in [0.29, 0.717) is 42.9 Å². The summed E-state index contributed by atoms with van der Waals surface area (Å²) in [5.74, 6) is -0.298. The fraction of sp³-hybridized carbons (Fsp3) is 0.263. The van der Waals surface area contributed by atoms with Crippen molar-refractivity contribution >= 4 is 26.8 Å². The number of aromatic nitrogens is 2. The normalized spacial score (nSPS) is 15.6. The molecule has 146 valence electrons. The second-order valence-electron chi connectivity index (χ2n) is 6.45. The number of hydrogen-bond acceptors (Lipinski definition) is 5. The predicted octanol–water partition coefficient (Wildman–Crippen LogP) is 1.51. The first-order valence-corrected chi connectivity index (χ1v) is 10.4. The molecule has 28 heavy (non-hydrogen) atoms. The Morgan fingerprint density at radius 1 is 1.14 bits per heavy atom. The largest absolute Gasteiger partial charge is 0.379 e. The number of ether oxygens (including phenoxy) is 1. The van der Waals surface area contributed by atoms with Crippen LogP contribution < -0.4 is 5.32 Å². The molecule has 0 bridgehead atoms. The van der Waals surface area contributed by atoms with Crippen molar-refractivity contribution in [2.45, 2.75) is 11.4 Å². The number of nitrogens with zero attached hydrogens (tertiary/aromatic N) is 2. The van der Waals surface area contributed by atoms with Gasteiger partial charge in [0.25, 0.3) is 5.91 Å². The summed E-state index contributed by atoms with van der Waals surface area (Å²) in [6.45, 7) is 1.51. The molecule has 0 atom stereocenters. The van der Waals surface area contributed by atoms with Crippen LogP contribution in [-0.4, -0.2) is 55.1 Å². The molecule has 0 radical (unpaired) electrons. The lowest BCUT2D eigenvalue weighted by atomic mass is 10.1. The Kier molecular flexibility index (Phi) is 5.12. The minimum atomic E-state index is -3.65. The van der Waals surface area contributed by atoms with Crippen LogP contribution >= 0.6 is 0 Å². The fourth-order valence-electron chi connectivity index (χ4n) is 3.26. The highest BCUT2D eigenvalue weighted by Crippen LogP contribution is 2.22. The highest BCUT2D eigenvalue weighted by molar-refractivity contribution is 7.89. The molecule has 0 aliphatic carbocycles. The maximum absolute atomic E-state index is 13.0. The number of H-pyrrole nitrogens is 1. The molecule has 3 aromatic rings. The third-order valence-corrected chi connectivity index (χ3v) is 6.72. The zero-order chi connectivity index (χ0) is 19.6. The Morgan fingerprint density at radius 2 is 1.93 bits per heavy atom. The Labute approximate surface area is 162 Å². The van der Waals surface area contributed by atoms with E-state index >= 15 is 0 Å². The molecule has 0 saturated carbocycles. The average molecular weight is 400 g/mol. The van der Waals surface area contributed by atoms with E-state index in [1.54, 1.807) is 42.6 Å². The number of para-hydroxylation sites is 1. The highest BCUT2D eigenvalue weighted by atomic mass is 32.2. The number of benzene rings is 2. The number of amides is 1. The minimum absolute atomic E-state index is 0.100. The second kappa shape index (κ2) is 7.70. The lowest BCUT2D eigenvalue weighted by Gasteiger charge is -2.27. The van der Waals surface area contributed by atoms with Gasteiger partial charge in [-0.25, -0.2) is 8.42 Å². The van der Waals surface area contributed by atoms with Crippen LogP contribution in [0.15, 0.2) is 53.6 Å². The van der Waals surface area contributed by atoms with Gasteiger partial charge in [-0.3, -0.25) is 9.89 Å². The van der Waals surface area contributed by atoms with Gasteiger partial charge in [0.05, 0.1) is 35.4 Å². The second-order valence-corrected chi connectivity index (χ2v) is 8.35. The van der Waals surface area contributed by atoms with Crippen LogP contribution in [0.1, 0.15) is 15.9 Å². The highest BCUT2D eigenvalue weighted by Gasteiger charge is 2.28. The van der Waals surface area contributed by atoms with Crippen LogP contribution in [0, 0.1) is 0 Å². The summed E-state index contributed by atoms with van der Waals surface area (Å²) in [5.41, 5.74) is 1.65. The van der Waals surface area contributed by atoms with E-state index in [1.165, 1.54) is 4.31 Å². The maximum Gasteiger partial charge on any atom is 0.253 e. The number of hydrogen-bond donors (Lipinski definition) is 2. The number of nitrogens with one attached hydrogen (secondary N) is 2. The topological polar surface area (TPSA) is 104 Å². The van der Waals surface area contributed by atoms with Crippen molar-refractivity contribution in [1.29, 1.82) is 0 Å². The van der Waals surface area contributed by atoms with Gasteiger partial charge in [0.15, 0.2) is 0 Å². The number of aromatic amines is 1. The van der Waals surface area contributed by atoms with Gasteiger partial charge >= 0.3 is 0 Å². The molecule has 2 heterocycles. The van der Waals surface area contributed by atoms with Gasteiger partial charge in [0, 0.05) is 25.0 Å². The molecule has 4 rings (SSSR count). The van der Waals surface area contributed by atoms with Crippen LogP contribution in [0.5, 0.6) is 0 Å². The molecule has 0 spiro atoms. The van der Waals surface area contributed by atoms with Crippen LogP contribution in [0.2, 0.25) is 0 Å². The van der Waals surface area contributed by atoms with Crippen molar-refractivity contribution < 1.29 is 17.9 Å². The molecule has 1 fully saturated rings. The number of rotatable bonds is 5. The molecular formula is C19H20N4O4S. The molecule has 2 aromatic carbocycles. The summed E-state index contributed by atoms with van der Waals surface area (Å²) >= 11 is 0. The summed E-state index contributed by atoms with van der Waals surface area (Å²) in [6, 6.07) is 12.1. The van der Waals surface area contributed by atoms with E-state index in [4.69, 9.17) is 4.74 Å². The van der Waals surface area contributed by atoms with Gasteiger partial charge in [-0.15, -0.1) is 0 Å². The van der Waals surface area contributed by atoms with Crippen LogP contribution in [0.4, 0.5) is 0 Å². The quantitative estimate of drug-likeness (QED) is 0.676. The molecule has 1 aliphatic rings. The lowest BCUT2D eigenvalue weighted by Crippen LogP contribution is -2.41. The summed E-state index contributed by atoms with van der Waals surface area (Å²) in [5, 5.41) is 10.4. The first kappa shape index (κ1) is 18.6. The van der Waals surface area contributed by atoms with Crippen molar-refractivity contribution in [2.24, 2.45) is 0 Å². The van der Waals surface area contributed by atoms with E-state index in [9.17, 15) is 13.2 Å². The SMILES string of the molecule is O=C(NCc1ccccc1S(=O)(=O)N1CCOCC1)c1cccc2cn[nH]c12. The van der Waals surface area contributed by atoms with Gasteiger partial charge < -0.3 is 10.1 Å². The standard InChI is InChI=1S/C19H20N4O4S/c24-19(16-6-3-5-15-13-21-22-18(15)16)20-12-14-4-1-2-7-17(14)28(25,26)23-8-10-27-11-9-23/h1-7,13H,8-12H2,(H,20,24)(H,21,22). The summed E-state index contributed by atoms with van der Waals surface area (Å²) in [7, 11) is -3.65. The maximum atomic E-state index is 13.0. The summed E-state index contributed by atoms with van der Waals surface area (Å²) in [6.07, 6.45) is 1.65. The fourth-order valence-corrected chi connectivity index (χ4v) is 4.89. The van der Waals surface area contributed by atoms with Crippen LogP contribution in [-0.2, 0) is 21.3 Å². The van der Waals surface area contributed by atoms with Crippen LogP contribution in [0.25, 0.3) is 10.9 Å². The smallest absolute Gasteiger partial charge is 0.253 e. The van der Waals surface area contributed by atoms with Crippen molar-refractivity contribution in [3.8, 4) is 0 Å². The Bertz CT molecular complexity index is 1100. The molecule has 1 saturated heterocycles. The predicted molar refractivity (Wildman–Crippen MR) is 103 cm³/mol. The minimum Gasteiger partial charge on any atom is -0.379 e. The zero-order valence-electron chi connectivity index (χ0n) is 15.1. The number of carbonyl (C=O) groups is 1. The summed E-state index contributed by atoms with van der Waals surface area (Å²) < 4.78 is 32.7. The van der Waals surface area contributed by atoms with E-state index in [0.717, 1.165) is 5.39 Å². The zero-order valence-corrected chi connectivity index (χ0v) is 15.9. The van der Waals surface area contributed by atoms with E-state index in [1.807, 2.05) is 6.07 Å². The third kappa shape index (κ3) is 3.51. The molecule has 2 N–H and O–H groups in total. The van der Waals surface area contributed by atoms with E-state index in [2.05, 4.69) is 15.5 Å². The van der Waals surface area contributed by atoms with Gasteiger partial charge in [0.2, 0.25) is 10.0 Å². The van der Waals surface area contributed by atoms with Crippen molar-refractivity contribution in [3.63, 3.8) is 0 Å². The molecule has 1 aliphatic heterocycles. The van der Waals surface area contributed by atoms with E-state index < -0.39 is 10.0 Å². The van der Waals surface area contributed by atoms with Gasteiger partial charge in [-0.05, 0) is 17.7 Å². The van der Waals surface area contributed by atoms with Crippen LogP contribution in [0.3, 0.4) is 0 Å². The molecule has 8 nitrogen and oxygen atoms in total. The first-order valence-electron chi connectivity index (χ1n) is 8.93. The Balaban J connectivity index is 1.56. The number of morpholine rings is 1. The number of fused-ring (bicyclic) bond motifs is 1. The molecule has 1 amide bonds. The molecule has 1 aromatic heterocycles. The molecule has 0 unspecified atom stereocenters. The average Bonchev–Trinajstić information content (AvgIpc) is 3.22. The lowest BCUT2D eigenvalue weighted by molar-refractivity contribution is 0.0730. The first-order chi connectivity index (χ1) is 13.6. The third-order valence-electron chi connectivity index (χ3n) is 4.72. The Hall–Kier alpha value is -2.75. The van der Waals surface area contributed by atoms with Crippen molar-refractivity contribution in [2.75, 3.05) is 26.3 Å². The molecular weight excluding hydrogens is 380 g/mol. The van der Waals surface area contributed by atoms with Crippen molar-refractivity contribution in [1.82, 2.24) is 19.8 Å².